The fraction of sp³-hybridized carbons (Fsp3) is 0.667. The standard InChI is InChI=1S/C12H19N3O6/c1-14-7-10(17)15(12(14)20)5-2-3-9(16)13-4-6-21-8-11(18)19/h2-8H2,1H3,(H,13,16)(H,18,19). The Balaban J connectivity index is 2.09. The molecule has 118 valence electrons. The molecule has 0 aromatic heterocycles. The predicted octanol–water partition coefficient (Wildman–Crippen LogP) is -1.12. The number of carbonyl (C=O) groups excluding carboxylic acids is 3. The van der Waals surface area contributed by atoms with E-state index in [-0.39, 0.29) is 50.5 Å². The lowest BCUT2D eigenvalue weighted by Gasteiger charge is -2.13. The number of nitrogens with zero attached hydrogens (tertiary/aromatic N) is 2. The minimum Gasteiger partial charge on any atom is -0.480 e. The van der Waals surface area contributed by atoms with E-state index < -0.39 is 12.6 Å². The van der Waals surface area contributed by atoms with Gasteiger partial charge in [-0.05, 0) is 6.42 Å². The summed E-state index contributed by atoms with van der Waals surface area (Å²) in [6.07, 6.45) is 0.562. The van der Waals surface area contributed by atoms with Crippen LogP contribution in [0.15, 0.2) is 0 Å². The van der Waals surface area contributed by atoms with Gasteiger partial charge in [0.05, 0.1) is 6.61 Å². The lowest BCUT2D eigenvalue weighted by molar-refractivity contribution is -0.142. The maximum atomic E-state index is 11.6. The molecule has 0 aromatic rings. The Labute approximate surface area is 121 Å². The van der Waals surface area contributed by atoms with Gasteiger partial charge in [0.2, 0.25) is 11.8 Å². The third-order valence-electron chi connectivity index (χ3n) is 2.81. The third-order valence-corrected chi connectivity index (χ3v) is 2.81. The largest absolute Gasteiger partial charge is 0.480 e. The van der Waals surface area contributed by atoms with Gasteiger partial charge in [-0.1, -0.05) is 0 Å². The molecule has 1 aliphatic heterocycles. The molecule has 0 unspecified atom stereocenters. The number of amides is 4. The number of nitrogens with one attached hydrogen (secondary N) is 1. The Kier molecular flexibility index (Phi) is 6.60. The Morgan fingerprint density at radius 1 is 1.38 bits per heavy atom. The van der Waals surface area contributed by atoms with Crippen molar-refractivity contribution in [1.82, 2.24) is 15.1 Å². The topological polar surface area (TPSA) is 116 Å². The summed E-state index contributed by atoms with van der Waals surface area (Å²) in [4.78, 5) is 47.1. The minimum absolute atomic E-state index is 0.0753. The van der Waals surface area contributed by atoms with Crippen molar-refractivity contribution in [2.24, 2.45) is 0 Å². The van der Waals surface area contributed by atoms with E-state index in [2.05, 4.69) is 5.32 Å². The van der Waals surface area contributed by atoms with Crippen molar-refractivity contribution in [3.05, 3.63) is 0 Å². The average Bonchev–Trinajstić information content (AvgIpc) is 2.64. The quantitative estimate of drug-likeness (QED) is 0.411. The van der Waals surface area contributed by atoms with Gasteiger partial charge in [0.25, 0.3) is 0 Å². The second-order valence-electron chi connectivity index (χ2n) is 4.58. The first-order valence-corrected chi connectivity index (χ1v) is 6.53. The summed E-state index contributed by atoms with van der Waals surface area (Å²) in [6.45, 7) is 0.224. The maximum absolute atomic E-state index is 11.6. The van der Waals surface area contributed by atoms with Crippen molar-refractivity contribution < 1.29 is 29.0 Å². The molecule has 0 saturated carbocycles. The number of urea groups is 1. The van der Waals surface area contributed by atoms with Crippen molar-refractivity contribution >= 4 is 23.8 Å². The van der Waals surface area contributed by atoms with Crippen molar-refractivity contribution in [3.8, 4) is 0 Å². The summed E-state index contributed by atoms with van der Waals surface area (Å²) in [5.74, 6) is -1.56. The summed E-state index contributed by atoms with van der Waals surface area (Å²) in [5, 5.41) is 10.9. The first-order valence-electron chi connectivity index (χ1n) is 6.53. The van der Waals surface area contributed by atoms with Crippen LogP contribution < -0.4 is 5.32 Å². The van der Waals surface area contributed by atoms with E-state index in [1.807, 2.05) is 0 Å². The van der Waals surface area contributed by atoms with E-state index in [4.69, 9.17) is 9.84 Å². The van der Waals surface area contributed by atoms with E-state index in [9.17, 15) is 19.2 Å². The molecular formula is C12H19N3O6. The highest BCUT2D eigenvalue weighted by atomic mass is 16.5. The highest BCUT2D eigenvalue weighted by Gasteiger charge is 2.32. The molecule has 0 aliphatic carbocycles. The molecule has 0 atom stereocenters. The number of carbonyl (C=O) groups is 4. The highest BCUT2D eigenvalue weighted by molar-refractivity contribution is 6.01. The van der Waals surface area contributed by atoms with Gasteiger partial charge >= 0.3 is 12.0 Å². The Hall–Kier alpha value is -2.16. The summed E-state index contributed by atoms with van der Waals surface area (Å²) < 4.78 is 4.75. The van der Waals surface area contributed by atoms with E-state index in [1.54, 1.807) is 7.05 Å². The summed E-state index contributed by atoms with van der Waals surface area (Å²) in [5.41, 5.74) is 0. The van der Waals surface area contributed by atoms with Crippen LogP contribution >= 0.6 is 0 Å². The van der Waals surface area contributed by atoms with Crippen molar-refractivity contribution in [2.75, 3.05) is 39.9 Å². The number of hydrogen-bond acceptors (Lipinski definition) is 5. The normalized spacial score (nSPS) is 14.7. The molecule has 21 heavy (non-hydrogen) atoms. The SMILES string of the molecule is CN1CC(=O)N(CCCC(=O)NCCOCC(=O)O)C1=O. The molecule has 1 fully saturated rings. The zero-order valence-corrected chi connectivity index (χ0v) is 11.8. The number of carboxylic acids is 1. The molecule has 9 nitrogen and oxygen atoms in total. The van der Waals surface area contributed by atoms with Gasteiger partial charge in [-0.3, -0.25) is 14.5 Å². The molecule has 1 rings (SSSR count). The minimum atomic E-state index is -1.06. The van der Waals surface area contributed by atoms with E-state index in [1.165, 1.54) is 4.90 Å². The molecular weight excluding hydrogens is 282 g/mol. The number of hydrogen-bond donors (Lipinski definition) is 2. The second kappa shape index (κ2) is 8.20. The number of imide groups is 1. The van der Waals surface area contributed by atoms with Crippen LogP contribution in [0.5, 0.6) is 0 Å². The number of likely N-dealkylation sites (N-methyl/N-ethyl adjacent to an activating group) is 1. The van der Waals surface area contributed by atoms with E-state index >= 15 is 0 Å². The number of carboxylic acid groups (broad SMARTS) is 1. The predicted molar refractivity (Wildman–Crippen MR) is 70.4 cm³/mol. The zero-order valence-electron chi connectivity index (χ0n) is 11.8. The van der Waals surface area contributed by atoms with Gasteiger partial charge in [0.1, 0.15) is 13.2 Å². The smallest absolute Gasteiger partial charge is 0.329 e. The molecule has 1 heterocycles. The average molecular weight is 301 g/mol. The number of ether oxygens (including phenoxy) is 1. The monoisotopic (exact) mass is 301 g/mol. The van der Waals surface area contributed by atoms with Crippen LogP contribution in [0.4, 0.5) is 4.79 Å². The Morgan fingerprint density at radius 2 is 2.10 bits per heavy atom. The fourth-order valence-electron chi connectivity index (χ4n) is 1.80. The van der Waals surface area contributed by atoms with Crippen LogP contribution in [0.25, 0.3) is 0 Å². The van der Waals surface area contributed by atoms with Crippen molar-refractivity contribution in [2.45, 2.75) is 12.8 Å². The van der Waals surface area contributed by atoms with E-state index in [0.717, 1.165) is 4.90 Å². The lowest BCUT2D eigenvalue weighted by Crippen LogP contribution is -2.33. The fourth-order valence-corrected chi connectivity index (χ4v) is 1.80. The van der Waals surface area contributed by atoms with Gasteiger partial charge in [0.15, 0.2) is 0 Å². The van der Waals surface area contributed by atoms with Gasteiger partial charge in [0, 0.05) is 26.6 Å². The van der Waals surface area contributed by atoms with Gasteiger partial charge < -0.3 is 20.1 Å². The van der Waals surface area contributed by atoms with E-state index in [0.29, 0.717) is 6.42 Å². The van der Waals surface area contributed by atoms with Crippen molar-refractivity contribution in [1.29, 1.82) is 0 Å². The van der Waals surface area contributed by atoms with Gasteiger partial charge in [-0.25, -0.2) is 9.59 Å². The third kappa shape index (κ3) is 5.78. The summed E-state index contributed by atoms with van der Waals surface area (Å²) in [6, 6.07) is -0.345. The van der Waals surface area contributed by atoms with Crippen molar-refractivity contribution in [3.63, 3.8) is 0 Å². The summed E-state index contributed by atoms with van der Waals surface area (Å²) >= 11 is 0. The zero-order chi connectivity index (χ0) is 15.8. The molecule has 0 aromatic carbocycles. The maximum Gasteiger partial charge on any atom is 0.329 e. The first-order chi connectivity index (χ1) is 9.91. The van der Waals surface area contributed by atoms with Crippen LogP contribution in [-0.4, -0.2) is 78.6 Å². The van der Waals surface area contributed by atoms with Crippen LogP contribution in [0.2, 0.25) is 0 Å². The lowest BCUT2D eigenvalue weighted by atomic mass is 10.3. The number of aliphatic carboxylic acids is 1. The molecule has 1 aliphatic rings. The number of rotatable bonds is 9. The molecule has 0 spiro atoms. The molecule has 0 bridgehead atoms. The first kappa shape index (κ1) is 16.9. The molecule has 0 radical (unpaired) electrons. The second-order valence-corrected chi connectivity index (χ2v) is 4.58. The van der Waals surface area contributed by atoms with Crippen LogP contribution in [0.3, 0.4) is 0 Å². The molecule has 1 saturated heterocycles. The summed E-state index contributed by atoms with van der Waals surface area (Å²) in [7, 11) is 1.55. The molecule has 4 amide bonds. The van der Waals surface area contributed by atoms with Crippen LogP contribution in [0, 0.1) is 0 Å². The highest BCUT2D eigenvalue weighted by Crippen LogP contribution is 2.08. The van der Waals surface area contributed by atoms with Crippen LogP contribution in [0.1, 0.15) is 12.8 Å². The van der Waals surface area contributed by atoms with Crippen LogP contribution in [-0.2, 0) is 19.1 Å². The Bertz CT molecular complexity index is 425. The molecule has 9 heteroatoms. The molecule has 2 N–H and O–H groups in total. The van der Waals surface area contributed by atoms with Gasteiger partial charge in [-0.2, -0.15) is 0 Å². The Morgan fingerprint density at radius 3 is 2.67 bits per heavy atom. The van der Waals surface area contributed by atoms with Gasteiger partial charge in [-0.15, -0.1) is 0 Å².